The van der Waals surface area contributed by atoms with Gasteiger partial charge >= 0.3 is 5.97 Å². The van der Waals surface area contributed by atoms with Gasteiger partial charge in [-0.05, 0) is 32.4 Å². The molecule has 0 saturated carbocycles. The molecule has 0 radical (unpaired) electrons. The molecule has 1 unspecified atom stereocenters. The van der Waals surface area contributed by atoms with E-state index in [1.165, 1.54) is 13.0 Å². The van der Waals surface area contributed by atoms with Gasteiger partial charge in [-0.15, -0.1) is 5.11 Å². The van der Waals surface area contributed by atoms with Gasteiger partial charge in [0.05, 0.1) is 11.5 Å². The Balaban J connectivity index is 2.95. The highest BCUT2D eigenvalue weighted by Gasteiger charge is 2.16. The van der Waals surface area contributed by atoms with Crippen LogP contribution < -0.4 is 0 Å². The van der Waals surface area contributed by atoms with E-state index in [1.807, 2.05) is 0 Å². The molecular weight excluding hydrogens is 250 g/mol. The number of benzene rings is 1. The Bertz CT molecular complexity index is 514. The lowest BCUT2D eigenvalue weighted by Gasteiger charge is -2.04. The summed E-state index contributed by atoms with van der Waals surface area (Å²) in [7, 11) is 0. The molecule has 0 aliphatic carbocycles. The number of nitro groups is 1. The topological polar surface area (TPSA) is 94.2 Å². The van der Waals surface area contributed by atoms with Crippen LogP contribution >= 0.6 is 0 Å². The third-order valence-electron chi connectivity index (χ3n) is 2.29. The van der Waals surface area contributed by atoms with Gasteiger partial charge in [-0.25, -0.2) is 4.79 Å². The molecule has 0 amide bonds. The Hall–Kier alpha value is -2.31. The summed E-state index contributed by atoms with van der Waals surface area (Å²) in [6, 6.07) is 3.73. The highest BCUT2D eigenvalue weighted by atomic mass is 16.6. The fraction of sp³-hybridized carbons (Fsp3) is 0.417. The van der Waals surface area contributed by atoms with Gasteiger partial charge in [0, 0.05) is 6.07 Å². The number of carbonyl (C=O) groups is 1. The van der Waals surface area contributed by atoms with Crippen molar-refractivity contribution in [1.82, 2.24) is 0 Å². The van der Waals surface area contributed by atoms with Gasteiger partial charge in [0.2, 0.25) is 0 Å². The number of azo groups is 1. The second-order valence-corrected chi connectivity index (χ2v) is 3.89. The van der Waals surface area contributed by atoms with Gasteiger partial charge in [-0.2, -0.15) is 5.11 Å². The standard InChI is InChI=1S/C12H15N3O4/c1-4-19-12(16)9(3)13-14-10-7-8(2)5-6-11(10)15(17)18/h5-7,9H,4H2,1-3H3. The highest BCUT2D eigenvalue weighted by molar-refractivity contribution is 5.75. The highest BCUT2D eigenvalue weighted by Crippen LogP contribution is 2.28. The van der Waals surface area contributed by atoms with Crippen molar-refractivity contribution >= 4 is 17.3 Å². The second kappa shape index (κ2) is 6.58. The van der Waals surface area contributed by atoms with Crippen molar-refractivity contribution in [3.8, 4) is 0 Å². The quantitative estimate of drug-likeness (QED) is 0.354. The van der Waals surface area contributed by atoms with E-state index in [-0.39, 0.29) is 18.0 Å². The number of ether oxygens (including phenoxy) is 1. The Morgan fingerprint density at radius 1 is 1.53 bits per heavy atom. The zero-order valence-electron chi connectivity index (χ0n) is 11.0. The lowest BCUT2D eigenvalue weighted by molar-refractivity contribution is -0.384. The van der Waals surface area contributed by atoms with Crippen molar-refractivity contribution in [2.75, 3.05) is 6.61 Å². The van der Waals surface area contributed by atoms with E-state index >= 15 is 0 Å². The van der Waals surface area contributed by atoms with E-state index in [0.717, 1.165) is 5.56 Å². The largest absolute Gasteiger partial charge is 0.464 e. The van der Waals surface area contributed by atoms with Crippen molar-refractivity contribution in [1.29, 1.82) is 0 Å². The SMILES string of the molecule is CCOC(=O)C(C)N=Nc1cc(C)ccc1[N+](=O)[O-]. The van der Waals surface area contributed by atoms with Crippen molar-refractivity contribution in [2.24, 2.45) is 10.2 Å². The number of nitro benzene ring substituents is 1. The number of nitrogens with zero attached hydrogens (tertiary/aromatic N) is 3. The van der Waals surface area contributed by atoms with Gasteiger partial charge in [0.15, 0.2) is 11.7 Å². The molecule has 0 aromatic heterocycles. The third-order valence-corrected chi connectivity index (χ3v) is 2.29. The predicted molar refractivity (Wildman–Crippen MR) is 68.4 cm³/mol. The minimum atomic E-state index is -0.792. The Labute approximate surface area is 110 Å². The minimum Gasteiger partial charge on any atom is -0.464 e. The molecule has 0 heterocycles. The van der Waals surface area contributed by atoms with Crippen LogP contribution in [0.5, 0.6) is 0 Å². The first-order valence-corrected chi connectivity index (χ1v) is 5.78. The summed E-state index contributed by atoms with van der Waals surface area (Å²) in [5, 5.41) is 18.3. The van der Waals surface area contributed by atoms with Crippen LogP contribution in [0.1, 0.15) is 19.4 Å². The van der Waals surface area contributed by atoms with Gasteiger partial charge in [0.25, 0.3) is 5.69 Å². The Morgan fingerprint density at radius 2 is 2.21 bits per heavy atom. The molecule has 102 valence electrons. The average molecular weight is 265 g/mol. The van der Waals surface area contributed by atoms with Crippen LogP contribution in [0.4, 0.5) is 11.4 Å². The van der Waals surface area contributed by atoms with E-state index in [0.29, 0.717) is 0 Å². The lowest BCUT2D eigenvalue weighted by Crippen LogP contribution is -2.17. The minimum absolute atomic E-state index is 0.126. The van der Waals surface area contributed by atoms with Gasteiger partial charge < -0.3 is 4.74 Å². The summed E-state index contributed by atoms with van der Waals surface area (Å²) in [6.45, 7) is 5.25. The molecule has 7 heteroatoms. The summed E-state index contributed by atoms with van der Waals surface area (Å²) < 4.78 is 4.77. The van der Waals surface area contributed by atoms with Crippen LogP contribution in [-0.2, 0) is 9.53 Å². The van der Waals surface area contributed by atoms with E-state index < -0.39 is 16.9 Å². The van der Waals surface area contributed by atoms with Crippen LogP contribution in [0, 0.1) is 17.0 Å². The van der Waals surface area contributed by atoms with Crippen molar-refractivity contribution < 1.29 is 14.5 Å². The average Bonchev–Trinajstić information content (AvgIpc) is 2.35. The molecule has 19 heavy (non-hydrogen) atoms. The lowest BCUT2D eigenvalue weighted by atomic mass is 10.2. The monoisotopic (exact) mass is 265 g/mol. The molecule has 7 nitrogen and oxygen atoms in total. The normalized spacial score (nSPS) is 12.4. The van der Waals surface area contributed by atoms with E-state index in [4.69, 9.17) is 4.74 Å². The van der Waals surface area contributed by atoms with E-state index in [2.05, 4.69) is 10.2 Å². The first-order chi connectivity index (χ1) is 8.95. The molecule has 1 aromatic rings. The van der Waals surface area contributed by atoms with Crippen LogP contribution in [0.25, 0.3) is 0 Å². The molecule has 0 aliphatic heterocycles. The number of esters is 1. The van der Waals surface area contributed by atoms with Crippen molar-refractivity contribution in [2.45, 2.75) is 26.8 Å². The molecule has 0 fully saturated rings. The predicted octanol–water partition coefficient (Wildman–Crippen LogP) is 2.94. The van der Waals surface area contributed by atoms with Crippen LogP contribution in [0.2, 0.25) is 0 Å². The first kappa shape index (κ1) is 14.7. The Morgan fingerprint density at radius 3 is 2.79 bits per heavy atom. The van der Waals surface area contributed by atoms with Gasteiger partial charge in [-0.1, -0.05) is 6.07 Å². The number of hydrogen-bond acceptors (Lipinski definition) is 6. The molecule has 0 bridgehead atoms. The van der Waals surface area contributed by atoms with Crippen molar-refractivity contribution in [3.05, 3.63) is 33.9 Å². The second-order valence-electron chi connectivity index (χ2n) is 3.89. The number of carbonyl (C=O) groups excluding carboxylic acids is 1. The third kappa shape index (κ3) is 4.13. The number of rotatable bonds is 5. The smallest absolute Gasteiger partial charge is 0.332 e. The van der Waals surface area contributed by atoms with Crippen LogP contribution in [0.3, 0.4) is 0 Å². The van der Waals surface area contributed by atoms with Crippen LogP contribution in [0.15, 0.2) is 28.4 Å². The summed E-state index contributed by atoms with van der Waals surface area (Å²) in [5.74, 6) is -0.512. The number of aryl methyl sites for hydroxylation is 1. The fourth-order valence-corrected chi connectivity index (χ4v) is 1.33. The molecule has 1 atom stereocenters. The molecule has 1 aromatic carbocycles. The summed E-state index contributed by atoms with van der Waals surface area (Å²) in [6.07, 6.45) is 0. The van der Waals surface area contributed by atoms with Crippen molar-refractivity contribution in [3.63, 3.8) is 0 Å². The summed E-state index contributed by atoms with van der Waals surface area (Å²) in [4.78, 5) is 21.6. The number of hydrogen-bond donors (Lipinski definition) is 0. The zero-order valence-corrected chi connectivity index (χ0v) is 11.0. The Kier molecular flexibility index (Phi) is 5.11. The maximum atomic E-state index is 11.3. The van der Waals surface area contributed by atoms with E-state index in [9.17, 15) is 14.9 Å². The van der Waals surface area contributed by atoms with E-state index in [1.54, 1.807) is 26.0 Å². The molecule has 0 aliphatic rings. The van der Waals surface area contributed by atoms with Crippen LogP contribution in [-0.4, -0.2) is 23.5 Å². The van der Waals surface area contributed by atoms with Gasteiger partial charge in [0.1, 0.15) is 0 Å². The molecule has 1 rings (SSSR count). The zero-order chi connectivity index (χ0) is 14.4. The first-order valence-electron chi connectivity index (χ1n) is 5.78. The summed E-state index contributed by atoms with van der Waals surface area (Å²) in [5.41, 5.74) is 0.801. The molecular formula is C12H15N3O4. The fourth-order valence-electron chi connectivity index (χ4n) is 1.33. The molecule has 0 N–H and O–H groups in total. The molecule has 0 spiro atoms. The summed E-state index contributed by atoms with van der Waals surface area (Å²) >= 11 is 0. The van der Waals surface area contributed by atoms with Gasteiger partial charge in [-0.3, -0.25) is 10.1 Å². The maximum Gasteiger partial charge on any atom is 0.332 e. The maximum absolute atomic E-state index is 11.3. The molecule has 0 saturated heterocycles.